The van der Waals surface area contributed by atoms with Gasteiger partial charge in [0, 0.05) is 5.92 Å². The Morgan fingerprint density at radius 1 is 1.32 bits per heavy atom. The quantitative estimate of drug-likeness (QED) is 0.823. The zero-order chi connectivity index (χ0) is 14.0. The van der Waals surface area contributed by atoms with Crippen molar-refractivity contribution in [1.29, 1.82) is 5.26 Å². The summed E-state index contributed by atoms with van der Waals surface area (Å²) in [7, 11) is 0. The van der Waals surface area contributed by atoms with Gasteiger partial charge >= 0.3 is 5.97 Å². The van der Waals surface area contributed by atoms with Crippen LogP contribution in [0.15, 0.2) is 41.5 Å². The molecule has 0 saturated carbocycles. The number of benzene rings is 1. The summed E-state index contributed by atoms with van der Waals surface area (Å²) >= 11 is 0. The maximum atomic E-state index is 11.7. The normalized spacial score (nSPS) is 26.9. The molecule has 19 heavy (non-hydrogen) atoms. The van der Waals surface area contributed by atoms with E-state index in [9.17, 15) is 15.2 Å². The second kappa shape index (κ2) is 4.89. The van der Waals surface area contributed by atoms with Crippen LogP contribution in [0.5, 0.6) is 0 Å². The summed E-state index contributed by atoms with van der Waals surface area (Å²) in [6.45, 7) is 3.94. The molecule has 0 radical (unpaired) electrons. The molecule has 0 fully saturated rings. The topological polar surface area (TPSA) is 61.1 Å². The van der Waals surface area contributed by atoms with Crippen LogP contribution in [0.2, 0.25) is 0 Å². The van der Waals surface area contributed by atoms with Gasteiger partial charge in [-0.15, -0.1) is 0 Å². The lowest BCUT2D eigenvalue weighted by Gasteiger charge is -2.37. The monoisotopic (exact) mass is 255 g/mol. The lowest BCUT2D eigenvalue weighted by atomic mass is 9.63. The Hall–Kier alpha value is -2.08. The van der Waals surface area contributed by atoms with Gasteiger partial charge in [0.25, 0.3) is 0 Å². The Bertz CT molecular complexity index is 568. The number of carboxylic acids is 1. The Morgan fingerprint density at radius 3 is 2.47 bits per heavy atom. The lowest BCUT2D eigenvalue weighted by Crippen LogP contribution is -2.39. The number of nitrogens with zero attached hydrogens (tertiary/aromatic N) is 1. The van der Waals surface area contributed by atoms with E-state index in [0.717, 1.165) is 11.1 Å². The third-order valence-electron chi connectivity index (χ3n) is 4.16. The number of allylic oxidation sites excluding steroid dienone is 2. The zero-order valence-corrected chi connectivity index (χ0v) is 11.2. The molecular formula is C16H17NO2. The van der Waals surface area contributed by atoms with Crippen LogP contribution in [0.1, 0.15) is 38.2 Å². The number of aliphatic carboxylic acids is 1. The van der Waals surface area contributed by atoms with E-state index in [0.29, 0.717) is 12.8 Å². The molecule has 0 heterocycles. The second-order valence-electron chi connectivity index (χ2n) is 5.29. The zero-order valence-electron chi connectivity index (χ0n) is 11.2. The molecule has 0 bridgehead atoms. The number of carboxylic acid groups (broad SMARTS) is 1. The molecular weight excluding hydrogens is 238 g/mol. The van der Waals surface area contributed by atoms with E-state index in [1.807, 2.05) is 44.2 Å². The van der Waals surface area contributed by atoms with E-state index in [-0.39, 0.29) is 5.92 Å². The predicted octanol–water partition coefficient (Wildman–Crippen LogP) is 3.49. The van der Waals surface area contributed by atoms with Gasteiger partial charge in [0.2, 0.25) is 0 Å². The van der Waals surface area contributed by atoms with Gasteiger partial charge in [0.15, 0.2) is 5.41 Å². The van der Waals surface area contributed by atoms with Crippen LogP contribution >= 0.6 is 0 Å². The SMILES string of the molecule is CC1=C(C)C[C@](C#N)(C(=O)O)[C@@H](c2ccccc2)C1. The summed E-state index contributed by atoms with van der Waals surface area (Å²) in [5, 5.41) is 19.1. The van der Waals surface area contributed by atoms with Crippen molar-refractivity contribution in [3.05, 3.63) is 47.0 Å². The minimum atomic E-state index is -1.34. The molecule has 3 heteroatoms. The first-order valence-electron chi connectivity index (χ1n) is 6.36. The first-order valence-corrected chi connectivity index (χ1v) is 6.36. The lowest BCUT2D eigenvalue weighted by molar-refractivity contribution is -0.147. The summed E-state index contributed by atoms with van der Waals surface area (Å²) < 4.78 is 0. The Balaban J connectivity index is 2.56. The number of carbonyl (C=O) groups is 1. The largest absolute Gasteiger partial charge is 0.480 e. The third kappa shape index (κ3) is 2.15. The van der Waals surface area contributed by atoms with E-state index in [1.54, 1.807) is 0 Å². The highest BCUT2D eigenvalue weighted by molar-refractivity contribution is 5.80. The van der Waals surface area contributed by atoms with Gasteiger partial charge < -0.3 is 5.11 Å². The van der Waals surface area contributed by atoms with Crippen molar-refractivity contribution >= 4 is 5.97 Å². The average molecular weight is 255 g/mol. The van der Waals surface area contributed by atoms with E-state index < -0.39 is 11.4 Å². The van der Waals surface area contributed by atoms with E-state index >= 15 is 0 Å². The molecule has 1 aromatic rings. The average Bonchev–Trinajstić information content (AvgIpc) is 2.42. The molecule has 0 spiro atoms. The highest BCUT2D eigenvalue weighted by Crippen LogP contribution is 2.49. The summed E-state index contributed by atoms with van der Waals surface area (Å²) in [6, 6.07) is 11.6. The fraction of sp³-hybridized carbons (Fsp3) is 0.375. The number of hydrogen-bond acceptors (Lipinski definition) is 2. The van der Waals surface area contributed by atoms with Gasteiger partial charge in [-0.3, -0.25) is 4.79 Å². The van der Waals surface area contributed by atoms with E-state index in [1.165, 1.54) is 5.57 Å². The van der Waals surface area contributed by atoms with Crippen molar-refractivity contribution < 1.29 is 9.90 Å². The minimum absolute atomic E-state index is 0.278. The summed E-state index contributed by atoms with van der Waals surface area (Å²) in [6.07, 6.45) is 0.944. The fourth-order valence-electron chi connectivity index (χ4n) is 2.82. The maximum Gasteiger partial charge on any atom is 0.325 e. The van der Waals surface area contributed by atoms with Gasteiger partial charge in [0.05, 0.1) is 6.07 Å². The highest BCUT2D eigenvalue weighted by atomic mass is 16.4. The van der Waals surface area contributed by atoms with Crippen molar-refractivity contribution in [2.75, 3.05) is 0 Å². The van der Waals surface area contributed by atoms with Crippen LogP contribution in [0.3, 0.4) is 0 Å². The molecule has 3 nitrogen and oxygen atoms in total. The first-order chi connectivity index (χ1) is 9.01. The molecule has 98 valence electrons. The molecule has 1 aromatic carbocycles. The standard InChI is InChI=1S/C16H17NO2/c1-11-8-14(13-6-4-3-5-7-13)16(10-17,15(18)19)9-12(11)2/h3-7,14H,8-9H2,1-2H3,(H,18,19)/t14-,16-/m1/s1. The Morgan fingerprint density at radius 2 is 1.95 bits per heavy atom. The number of rotatable bonds is 2. The first kappa shape index (κ1) is 13.4. The molecule has 2 rings (SSSR count). The van der Waals surface area contributed by atoms with Crippen molar-refractivity contribution in [2.24, 2.45) is 5.41 Å². The minimum Gasteiger partial charge on any atom is -0.480 e. The molecule has 0 amide bonds. The Labute approximate surface area is 113 Å². The molecule has 0 unspecified atom stereocenters. The van der Waals surface area contributed by atoms with Crippen LogP contribution in [-0.4, -0.2) is 11.1 Å². The van der Waals surface area contributed by atoms with Crippen molar-refractivity contribution in [2.45, 2.75) is 32.6 Å². The summed E-state index contributed by atoms with van der Waals surface area (Å²) in [4.78, 5) is 11.7. The van der Waals surface area contributed by atoms with Crippen molar-refractivity contribution in [3.63, 3.8) is 0 Å². The van der Waals surface area contributed by atoms with Crippen LogP contribution in [-0.2, 0) is 4.79 Å². The predicted molar refractivity (Wildman–Crippen MR) is 72.5 cm³/mol. The smallest absolute Gasteiger partial charge is 0.325 e. The van der Waals surface area contributed by atoms with Crippen LogP contribution < -0.4 is 0 Å². The number of hydrogen-bond donors (Lipinski definition) is 1. The molecule has 1 aliphatic rings. The highest BCUT2D eigenvalue weighted by Gasteiger charge is 2.49. The molecule has 1 N–H and O–H groups in total. The molecule has 1 aliphatic carbocycles. The summed E-state index contributed by atoms with van der Waals surface area (Å²) in [5.74, 6) is -1.30. The van der Waals surface area contributed by atoms with Crippen molar-refractivity contribution in [3.8, 4) is 6.07 Å². The van der Waals surface area contributed by atoms with Gasteiger partial charge in [-0.2, -0.15) is 5.26 Å². The second-order valence-corrected chi connectivity index (χ2v) is 5.29. The van der Waals surface area contributed by atoms with Gasteiger partial charge in [-0.1, -0.05) is 41.5 Å². The van der Waals surface area contributed by atoms with E-state index in [2.05, 4.69) is 6.07 Å². The Kier molecular flexibility index (Phi) is 3.44. The van der Waals surface area contributed by atoms with Gasteiger partial charge in [-0.25, -0.2) is 0 Å². The third-order valence-corrected chi connectivity index (χ3v) is 4.16. The molecule has 0 saturated heterocycles. The fourth-order valence-corrected chi connectivity index (χ4v) is 2.82. The van der Waals surface area contributed by atoms with Gasteiger partial charge in [-0.05, 0) is 32.3 Å². The van der Waals surface area contributed by atoms with Crippen molar-refractivity contribution in [1.82, 2.24) is 0 Å². The molecule has 2 atom stereocenters. The molecule has 0 aromatic heterocycles. The van der Waals surface area contributed by atoms with Gasteiger partial charge in [0.1, 0.15) is 0 Å². The van der Waals surface area contributed by atoms with Crippen LogP contribution in [0, 0.1) is 16.7 Å². The van der Waals surface area contributed by atoms with Crippen LogP contribution in [0.25, 0.3) is 0 Å². The maximum absolute atomic E-state index is 11.7. The molecule has 0 aliphatic heterocycles. The van der Waals surface area contributed by atoms with E-state index in [4.69, 9.17) is 0 Å². The number of nitriles is 1. The summed E-state index contributed by atoms with van der Waals surface area (Å²) in [5.41, 5.74) is 1.81. The van der Waals surface area contributed by atoms with Crippen LogP contribution in [0.4, 0.5) is 0 Å².